The predicted octanol–water partition coefficient (Wildman–Crippen LogP) is 0.561. The Bertz CT molecular complexity index is 141. The standard InChI is InChI=1S/C7H17NO3S/c1-6(2)5-7(3-4-8)11-12(9)10/h6-7H,3-5,8H2,1-2H3,(H,9,10)/p-1. The Morgan fingerprint density at radius 1 is 1.58 bits per heavy atom. The molecule has 2 atom stereocenters. The molecule has 4 nitrogen and oxygen atoms in total. The molecule has 0 spiro atoms. The van der Waals surface area contributed by atoms with Gasteiger partial charge in [-0.05, 0) is 25.3 Å². The minimum Gasteiger partial charge on any atom is -0.750 e. The summed E-state index contributed by atoms with van der Waals surface area (Å²) in [5.74, 6) is 0.421. The van der Waals surface area contributed by atoms with Gasteiger partial charge in [-0.1, -0.05) is 13.8 Å². The topological polar surface area (TPSA) is 75.4 Å². The molecule has 2 N–H and O–H groups in total. The van der Waals surface area contributed by atoms with Crippen LogP contribution in [0.25, 0.3) is 0 Å². The molecule has 74 valence electrons. The molecule has 0 bridgehead atoms. The Labute approximate surface area is 76.0 Å². The summed E-state index contributed by atoms with van der Waals surface area (Å²) in [5.41, 5.74) is 5.30. The van der Waals surface area contributed by atoms with Crippen LogP contribution in [0.2, 0.25) is 0 Å². The van der Waals surface area contributed by atoms with Gasteiger partial charge >= 0.3 is 0 Å². The molecule has 5 heteroatoms. The SMILES string of the molecule is CC(C)CC(CCN)OS(=O)[O-]. The van der Waals surface area contributed by atoms with E-state index in [0.717, 1.165) is 6.42 Å². The molecule has 0 saturated heterocycles. The molecule has 0 aromatic rings. The van der Waals surface area contributed by atoms with Crippen molar-refractivity contribution in [3.8, 4) is 0 Å². The van der Waals surface area contributed by atoms with E-state index < -0.39 is 11.4 Å². The first-order chi connectivity index (χ1) is 5.56. The number of nitrogens with two attached hydrogens (primary N) is 1. The molecular weight excluding hydrogens is 178 g/mol. The summed E-state index contributed by atoms with van der Waals surface area (Å²) < 4.78 is 25.0. The maximum atomic E-state index is 10.2. The highest BCUT2D eigenvalue weighted by atomic mass is 32.2. The second kappa shape index (κ2) is 6.54. The maximum Gasteiger partial charge on any atom is 0.0844 e. The average Bonchev–Trinajstić information content (AvgIpc) is 1.84. The summed E-state index contributed by atoms with van der Waals surface area (Å²) in [6.45, 7) is 4.48. The first-order valence-electron chi connectivity index (χ1n) is 4.02. The van der Waals surface area contributed by atoms with Gasteiger partial charge in [-0.2, -0.15) is 0 Å². The van der Waals surface area contributed by atoms with Crippen LogP contribution in [0.15, 0.2) is 0 Å². The van der Waals surface area contributed by atoms with Gasteiger partial charge in [-0.3, -0.25) is 4.18 Å². The van der Waals surface area contributed by atoms with Crippen LogP contribution in [-0.4, -0.2) is 21.4 Å². The normalized spacial score (nSPS) is 16.4. The third-order valence-electron chi connectivity index (χ3n) is 1.44. The van der Waals surface area contributed by atoms with Gasteiger partial charge in [-0.15, -0.1) is 0 Å². The van der Waals surface area contributed by atoms with E-state index in [1.165, 1.54) is 0 Å². The minimum atomic E-state index is -2.42. The van der Waals surface area contributed by atoms with Crippen molar-refractivity contribution in [3.05, 3.63) is 0 Å². The smallest absolute Gasteiger partial charge is 0.0844 e. The first kappa shape index (κ1) is 12.0. The van der Waals surface area contributed by atoms with E-state index in [9.17, 15) is 8.76 Å². The van der Waals surface area contributed by atoms with Gasteiger partial charge in [0.15, 0.2) is 0 Å². The van der Waals surface area contributed by atoms with Gasteiger partial charge in [0.2, 0.25) is 0 Å². The van der Waals surface area contributed by atoms with Gasteiger partial charge in [0.05, 0.1) is 17.5 Å². The van der Waals surface area contributed by atoms with E-state index >= 15 is 0 Å². The Morgan fingerprint density at radius 2 is 2.17 bits per heavy atom. The van der Waals surface area contributed by atoms with Crippen molar-refractivity contribution in [1.82, 2.24) is 0 Å². The highest BCUT2D eigenvalue weighted by Crippen LogP contribution is 2.11. The molecule has 12 heavy (non-hydrogen) atoms. The van der Waals surface area contributed by atoms with Crippen LogP contribution in [0, 0.1) is 5.92 Å². The fourth-order valence-corrected chi connectivity index (χ4v) is 1.43. The van der Waals surface area contributed by atoms with Crippen LogP contribution >= 0.6 is 0 Å². The monoisotopic (exact) mass is 194 g/mol. The summed E-state index contributed by atoms with van der Waals surface area (Å²) >= 11 is -2.42. The molecule has 0 aromatic heterocycles. The van der Waals surface area contributed by atoms with Crippen molar-refractivity contribution in [1.29, 1.82) is 0 Å². The number of rotatable bonds is 6. The third kappa shape index (κ3) is 6.72. The molecule has 0 heterocycles. The highest BCUT2D eigenvalue weighted by Gasteiger charge is 2.10. The predicted molar refractivity (Wildman–Crippen MR) is 46.9 cm³/mol. The second-order valence-corrected chi connectivity index (χ2v) is 3.73. The van der Waals surface area contributed by atoms with Crippen LogP contribution in [0.1, 0.15) is 26.7 Å². The molecule has 2 unspecified atom stereocenters. The molecule has 0 radical (unpaired) electrons. The molecule has 0 aromatic carbocycles. The molecule has 0 saturated carbocycles. The molecule has 0 aliphatic carbocycles. The molecule has 0 aliphatic rings. The fourth-order valence-electron chi connectivity index (χ4n) is 1.03. The first-order valence-corrected chi connectivity index (χ1v) is 5.02. The van der Waals surface area contributed by atoms with Gasteiger partial charge in [0.1, 0.15) is 0 Å². The second-order valence-electron chi connectivity index (χ2n) is 3.13. The zero-order valence-corrected chi connectivity index (χ0v) is 8.30. The van der Waals surface area contributed by atoms with Crippen LogP contribution in [0.4, 0.5) is 0 Å². The molecular formula is C7H16NO3S-. The largest absolute Gasteiger partial charge is 0.750 e. The summed E-state index contributed by atoms with van der Waals surface area (Å²) in [7, 11) is 0. The van der Waals surface area contributed by atoms with E-state index in [1.54, 1.807) is 0 Å². The van der Waals surface area contributed by atoms with Crippen LogP contribution < -0.4 is 5.73 Å². The summed E-state index contributed by atoms with van der Waals surface area (Å²) in [4.78, 5) is 0. The third-order valence-corrected chi connectivity index (χ3v) is 1.87. The van der Waals surface area contributed by atoms with Gasteiger partial charge in [0.25, 0.3) is 0 Å². The number of hydrogen-bond donors (Lipinski definition) is 1. The minimum absolute atomic E-state index is 0.256. The summed E-state index contributed by atoms with van der Waals surface area (Å²) in [6, 6.07) is 0. The van der Waals surface area contributed by atoms with Crippen molar-refractivity contribution < 1.29 is 12.9 Å². The van der Waals surface area contributed by atoms with E-state index in [4.69, 9.17) is 5.73 Å². The van der Waals surface area contributed by atoms with Gasteiger partial charge in [0, 0.05) is 0 Å². The lowest BCUT2D eigenvalue weighted by Crippen LogP contribution is -2.20. The lowest BCUT2D eigenvalue weighted by Gasteiger charge is -2.19. The lowest BCUT2D eigenvalue weighted by atomic mass is 10.0. The molecule has 0 aliphatic heterocycles. The zero-order chi connectivity index (χ0) is 9.56. The van der Waals surface area contributed by atoms with Crippen molar-refractivity contribution in [3.63, 3.8) is 0 Å². The Balaban J connectivity index is 3.77. The summed E-state index contributed by atoms with van der Waals surface area (Å²) in [5, 5.41) is 0. The zero-order valence-electron chi connectivity index (χ0n) is 7.49. The molecule has 0 rings (SSSR count). The Kier molecular flexibility index (Phi) is 6.55. The van der Waals surface area contributed by atoms with Crippen LogP contribution in [0.5, 0.6) is 0 Å². The van der Waals surface area contributed by atoms with Gasteiger partial charge in [-0.25, -0.2) is 4.21 Å². The molecule has 0 amide bonds. The Hall–Kier alpha value is 0.0300. The quantitative estimate of drug-likeness (QED) is 0.627. The summed E-state index contributed by atoms with van der Waals surface area (Å²) in [6.07, 6.45) is 1.06. The maximum absolute atomic E-state index is 10.2. The average molecular weight is 194 g/mol. The van der Waals surface area contributed by atoms with Crippen molar-refractivity contribution >= 4 is 11.4 Å². The van der Waals surface area contributed by atoms with E-state index in [2.05, 4.69) is 4.18 Å². The number of hydrogen-bond acceptors (Lipinski definition) is 4. The Morgan fingerprint density at radius 3 is 2.50 bits per heavy atom. The highest BCUT2D eigenvalue weighted by molar-refractivity contribution is 7.74. The van der Waals surface area contributed by atoms with Crippen molar-refractivity contribution in [2.24, 2.45) is 11.7 Å². The van der Waals surface area contributed by atoms with E-state index in [-0.39, 0.29) is 6.10 Å². The van der Waals surface area contributed by atoms with E-state index in [1.807, 2.05) is 13.8 Å². The molecule has 0 fully saturated rings. The van der Waals surface area contributed by atoms with Crippen LogP contribution in [-0.2, 0) is 15.5 Å². The van der Waals surface area contributed by atoms with Crippen molar-refractivity contribution in [2.45, 2.75) is 32.8 Å². The van der Waals surface area contributed by atoms with Crippen LogP contribution in [0.3, 0.4) is 0 Å². The fraction of sp³-hybridized carbons (Fsp3) is 1.00. The lowest BCUT2D eigenvalue weighted by molar-refractivity contribution is 0.168. The van der Waals surface area contributed by atoms with E-state index in [0.29, 0.717) is 18.9 Å². The van der Waals surface area contributed by atoms with Gasteiger partial charge < -0.3 is 10.3 Å². The van der Waals surface area contributed by atoms with Crippen molar-refractivity contribution in [2.75, 3.05) is 6.54 Å².